The number of unbranched alkanes of at least 4 members (excludes halogenated alkanes) is 4. The molecule has 0 heterocycles. The number of benzene rings is 2. The summed E-state index contributed by atoms with van der Waals surface area (Å²) in [5.74, 6) is 1.39. The molecular weight excluding hydrogens is 350 g/mol. The summed E-state index contributed by atoms with van der Waals surface area (Å²) in [4.78, 5) is 0. The number of hydrogen-bond donors (Lipinski definition) is 0. The van der Waals surface area contributed by atoms with E-state index in [1.54, 1.807) is 6.08 Å². The lowest BCUT2D eigenvalue weighted by Crippen LogP contribution is -2.13. The van der Waals surface area contributed by atoms with E-state index in [9.17, 15) is 8.78 Å². The van der Waals surface area contributed by atoms with Gasteiger partial charge in [0.25, 0.3) is 0 Å². The minimum atomic E-state index is -0.189. The molecule has 2 aromatic rings. The largest absolute Gasteiger partial charge is 0.216 e. The SMILES string of the molecule is FC=CCCCCCC[C@H]1CC[C@H](c2ccc(-c3ccc(F)cc3)cc2)CC1. The first-order valence-electron chi connectivity index (χ1n) is 10.9. The molecule has 0 saturated heterocycles. The smallest absolute Gasteiger partial charge is 0.123 e. The van der Waals surface area contributed by atoms with Gasteiger partial charge in [-0.2, -0.15) is 0 Å². The van der Waals surface area contributed by atoms with Crippen LogP contribution >= 0.6 is 0 Å². The first-order valence-corrected chi connectivity index (χ1v) is 10.9. The van der Waals surface area contributed by atoms with Crippen molar-refractivity contribution in [2.45, 2.75) is 70.1 Å². The first-order chi connectivity index (χ1) is 13.8. The molecule has 28 heavy (non-hydrogen) atoms. The Morgan fingerprint density at radius 3 is 2.00 bits per heavy atom. The van der Waals surface area contributed by atoms with Crippen LogP contribution in [0.2, 0.25) is 0 Å². The molecule has 0 aliphatic heterocycles. The van der Waals surface area contributed by atoms with Gasteiger partial charge in [-0.15, -0.1) is 0 Å². The molecule has 1 aliphatic rings. The van der Waals surface area contributed by atoms with Gasteiger partial charge < -0.3 is 0 Å². The zero-order chi connectivity index (χ0) is 19.6. The third-order valence-electron chi connectivity index (χ3n) is 6.23. The van der Waals surface area contributed by atoms with Crippen LogP contribution in [0.5, 0.6) is 0 Å². The van der Waals surface area contributed by atoms with E-state index >= 15 is 0 Å². The van der Waals surface area contributed by atoms with Crippen molar-refractivity contribution in [3.05, 3.63) is 72.3 Å². The van der Waals surface area contributed by atoms with E-state index in [-0.39, 0.29) is 5.82 Å². The van der Waals surface area contributed by atoms with Crippen LogP contribution in [-0.2, 0) is 0 Å². The molecule has 1 aliphatic carbocycles. The molecule has 0 bridgehead atoms. The van der Waals surface area contributed by atoms with Crippen LogP contribution in [0.1, 0.15) is 75.7 Å². The Morgan fingerprint density at radius 2 is 1.36 bits per heavy atom. The van der Waals surface area contributed by atoms with E-state index in [1.165, 1.54) is 69.1 Å². The maximum Gasteiger partial charge on any atom is 0.123 e. The molecule has 2 heteroatoms. The van der Waals surface area contributed by atoms with Gasteiger partial charge in [0.05, 0.1) is 6.33 Å². The van der Waals surface area contributed by atoms with E-state index in [4.69, 9.17) is 0 Å². The first kappa shape index (κ1) is 20.8. The van der Waals surface area contributed by atoms with Gasteiger partial charge >= 0.3 is 0 Å². The van der Waals surface area contributed by atoms with Crippen LogP contribution in [0.15, 0.2) is 60.9 Å². The highest BCUT2D eigenvalue weighted by molar-refractivity contribution is 5.63. The quantitative estimate of drug-likeness (QED) is 0.381. The third-order valence-corrected chi connectivity index (χ3v) is 6.23. The minimum absolute atomic E-state index is 0.189. The minimum Gasteiger partial charge on any atom is -0.216 e. The summed E-state index contributed by atoms with van der Waals surface area (Å²) >= 11 is 0. The Bertz CT molecular complexity index is 707. The van der Waals surface area contributed by atoms with Gasteiger partial charge in [-0.05, 0) is 79.2 Å². The van der Waals surface area contributed by atoms with Crippen LogP contribution in [0.3, 0.4) is 0 Å². The average Bonchev–Trinajstić information content (AvgIpc) is 2.74. The summed E-state index contributed by atoms with van der Waals surface area (Å²) in [7, 11) is 0. The van der Waals surface area contributed by atoms with Crippen molar-refractivity contribution >= 4 is 0 Å². The van der Waals surface area contributed by atoms with Crippen molar-refractivity contribution in [1.82, 2.24) is 0 Å². The van der Waals surface area contributed by atoms with E-state index in [2.05, 4.69) is 24.3 Å². The lowest BCUT2D eigenvalue weighted by Gasteiger charge is -2.29. The average molecular weight is 383 g/mol. The summed E-state index contributed by atoms with van der Waals surface area (Å²) < 4.78 is 25.0. The van der Waals surface area contributed by atoms with Gasteiger partial charge in [-0.3, -0.25) is 0 Å². The number of hydrogen-bond acceptors (Lipinski definition) is 0. The van der Waals surface area contributed by atoms with Crippen LogP contribution in [0, 0.1) is 11.7 Å². The number of halogens is 2. The van der Waals surface area contributed by atoms with Crippen LogP contribution in [0.4, 0.5) is 8.78 Å². The summed E-state index contributed by atoms with van der Waals surface area (Å²) in [6.07, 6.45) is 14.7. The van der Waals surface area contributed by atoms with Crippen molar-refractivity contribution in [3.8, 4) is 11.1 Å². The van der Waals surface area contributed by atoms with Gasteiger partial charge in [-0.1, -0.05) is 68.2 Å². The summed E-state index contributed by atoms with van der Waals surface area (Å²) in [5.41, 5.74) is 3.67. The second-order valence-electron chi connectivity index (χ2n) is 8.20. The molecule has 0 amide bonds. The Labute approximate surface area is 168 Å². The molecule has 2 aromatic carbocycles. The van der Waals surface area contributed by atoms with Crippen LogP contribution < -0.4 is 0 Å². The second-order valence-corrected chi connectivity index (χ2v) is 8.20. The molecule has 150 valence electrons. The number of rotatable bonds is 9. The molecular formula is C26H32F2. The third kappa shape index (κ3) is 6.29. The standard InChI is InChI=1S/C26H32F2/c27-20-6-4-2-1-3-5-7-21-8-10-22(11-9-21)23-12-14-24(15-13-23)25-16-18-26(28)19-17-25/h6,12-22H,1-5,7-11H2/t21-,22-. The molecule has 0 radical (unpaired) electrons. The van der Waals surface area contributed by atoms with Crippen molar-refractivity contribution in [1.29, 1.82) is 0 Å². The monoisotopic (exact) mass is 382 g/mol. The molecule has 1 fully saturated rings. The number of allylic oxidation sites excluding steroid dienone is 1. The van der Waals surface area contributed by atoms with Gasteiger partial charge in [0.2, 0.25) is 0 Å². The molecule has 1 saturated carbocycles. The van der Waals surface area contributed by atoms with E-state index in [0.717, 1.165) is 29.9 Å². The van der Waals surface area contributed by atoms with Gasteiger partial charge in [0.1, 0.15) is 5.82 Å². The van der Waals surface area contributed by atoms with Crippen molar-refractivity contribution in [2.75, 3.05) is 0 Å². The summed E-state index contributed by atoms with van der Waals surface area (Å²) in [6, 6.07) is 15.6. The fourth-order valence-corrected chi connectivity index (χ4v) is 4.49. The molecule has 0 atom stereocenters. The highest BCUT2D eigenvalue weighted by Crippen LogP contribution is 2.38. The van der Waals surface area contributed by atoms with Crippen molar-refractivity contribution in [2.24, 2.45) is 5.92 Å². The lowest BCUT2D eigenvalue weighted by atomic mass is 9.77. The zero-order valence-corrected chi connectivity index (χ0v) is 16.8. The maximum absolute atomic E-state index is 13.1. The highest BCUT2D eigenvalue weighted by atomic mass is 19.1. The summed E-state index contributed by atoms with van der Waals surface area (Å²) in [5, 5.41) is 0. The zero-order valence-electron chi connectivity index (χ0n) is 16.8. The Hall–Kier alpha value is -1.96. The fraction of sp³-hybridized carbons (Fsp3) is 0.462. The van der Waals surface area contributed by atoms with Gasteiger partial charge in [0.15, 0.2) is 0 Å². The Morgan fingerprint density at radius 1 is 0.750 bits per heavy atom. The van der Waals surface area contributed by atoms with Crippen LogP contribution in [-0.4, -0.2) is 0 Å². The summed E-state index contributed by atoms with van der Waals surface area (Å²) in [6.45, 7) is 0. The lowest BCUT2D eigenvalue weighted by molar-refractivity contribution is 0.302. The molecule has 0 nitrogen and oxygen atoms in total. The van der Waals surface area contributed by atoms with E-state index in [0.29, 0.717) is 12.2 Å². The van der Waals surface area contributed by atoms with Crippen molar-refractivity contribution < 1.29 is 8.78 Å². The predicted molar refractivity (Wildman–Crippen MR) is 114 cm³/mol. The van der Waals surface area contributed by atoms with Gasteiger partial charge in [-0.25, -0.2) is 8.78 Å². The predicted octanol–water partition coefficient (Wildman–Crippen LogP) is 8.59. The topological polar surface area (TPSA) is 0 Å². The maximum atomic E-state index is 13.1. The Balaban J connectivity index is 1.39. The normalized spacial score (nSPS) is 19.9. The van der Waals surface area contributed by atoms with Crippen molar-refractivity contribution in [3.63, 3.8) is 0 Å². The van der Waals surface area contributed by atoms with Gasteiger partial charge in [0, 0.05) is 0 Å². The molecule has 0 unspecified atom stereocenters. The Kier molecular flexibility index (Phi) is 8.26. The second kappa shape index (κ2) is 11.1. The highest BCUT2D eigenvalue weighted by Gasteiger charge is 2.22. The molecule has 0 N–H and O–H groups in total. The van der Waals surface area contributed by atoms with E-state index < -0.39 is 0 Å². The molecule has 0 aromatic heterocycles. The fourth-order valence-electron chi connectivity index (χ4n) is 4.49. The molecule has 0 spiro atoms. The van der Waals surface area contributed by atoms with E-state index in [1.807, 2.05) is 12.1 Å². The van der Waals surface area contributed by atoms with Crippen LogP contribution in [0.25, 0.3) is 11.1 Å². The molecule has 3 rings (SSSR count).